The second-order valence-electron chi connectivity index (χ2n) is 3.15. The van der Waals surface area contributed by atoms with Gasteiger partial charge in [-0.15, -0.1) is 11.3 Å². The van der Waals surface area contributed by atoms with Crippen LogP contribution in [0.3, 0.4) is 0 Å². The van der Waals surface area contributed by atoms with Crippen molar-refractivity contribution >= 4 is 39.7 Å². The Hall–Kier alpha value is -0.760. The largest absolute Gasteiger partial charge is 0.369 e. The van der Waals surface area contributed by atoms with E-state index in [1.54, 1.807) is 17.5 Å². The zero-order chi connectivity index (χ0) is 11.4. The maximum absolute atomic E-state index is 4.47. The van der Waals surface area contributed by atoms with Crippen LogP contribution in [-0.4, -0.2) is 21.5 Å². The van der Waals surface area contributed by atoms with E-state index in [-0.39, 0.29) is 0 Å². The molecule has 0 radical (unpaired) electrons. The summed E-state index contributed by atoms with van der Waals surface area (Å²) in [7, 11) is 0. The molecule has 0 aliphatic carbocycles. The maximum atomic E-state index is 4.47. The minimum atomic E-state index is 0.689. The first-order chi connectivity index (χ1) is 7.81. The van der Waals surface area contributed by atoms with Gasteiger partial charge in [0.05, 0.1) is 3.57 Å². The number of halogens is 1. The van der Waals surface area contributed by atoms with Gasteiger partial charge in [0.25, 0.3) is 0 Å². The van der Waals surface area contributed by atoms with Crippen molar-refractivity contribution in [3.8, 4) is 10.8 Å². The number of hydrogen-bond donors (Lipinski definition) is 1. The molecule has 0 bridgehead atoms. The van der Waals surface area contributed by atoms with Gasteiger partial charge in [0.15, 0.2) is 10.8 Å². The lowest BCUT2D eigenvalue weighted by atomic mass is 10.4. The van der Waals surface area contributed by atoms with Crippen molar-refractivity contribution in [3.63, 3.8) is 0 Å². The predicted molar refractivity (Wildman–Crippen MR) is 74.6 cm³/mol. The minimum Gasteiger partial charge on any atom is -0.369 e. The Morgan fingerprint density at radius 2 is 2.31 bits per heavy atom. The number of thiazole rings is 1. The first-order valence-electron chi connectivity index (χ1n) is 4.97. The van der Waals surface area contributed by atoms with Crippen LogP contribution in [0.15, 0.2) is 17.8 Å². The van der Waals surface area contributed by atoms with Crippen molar-refractivity contribution in [3.05, 3.63) is 21.3 Å². The summed E-state index contributed by atoms with van der Waals surface area (Å²) in [6.45, 7) is 3.05. The van der Waals surface area contributed by atoms with Crippen LogP contribution in [-0.2, 0) is 0 Å². The third-order valence-electron chi connectivity index (χ3n) is 1.91. The first kappa shape index (κ1) is 11.7. The predicted octanol–water partition coefficient (Wildman–Crippen LogP) is 3.03. The van der Waals surface area contributed by atoms with Crippen LogP contribution >= 0.6 is 33.9 Å². The molecule has 2 rings (SSSR count). The number of nitrogens with zero attached hydrogens (tertiary/aromatic N) is 3. The smallest absolute Gasteiger partial charge is 0.190 e. The standard InChI is InChI=1S/C10H11IN4S/c1-2-3-12-8-7(11)6-14-9(15-8)10-13-4-5-16-10/h4-6H,2-3H2,1H3,(H,12,14,15). The van der Waals surface area contributed by atoms with E-state index in [2.05, 4.69) is 49.8 Å². The second-order valence-corrected chi connectivity index (χ2v) is 5.21. The van der Waals surface area contributed by atoms with Gasteiger partial charge in [-0.05, 0) is 29.0 Å². The Kier molecular flexibility index (Phi) is 4.05. The van der Waals surface area contributed by atoms with Gasteiger partial charge in [-0.1, -0.05) is 6.92 Å². The van der Waals surface area contributed by atoms with E-state index in [4.69, 9.17) is 0 Å². The van der Waals surface area contributed by atoms with Gasteiger partial charge in [-0.2, -0.15) is 0 Å². The molecule has 0 fully saturated rings. The van der Waals surface area contributed by atoms with Gasteiger partial charge < -0.3 is 5.32 Å². The number of anilines is 1. The summed E-state index contributed by atoms with van der Waals surface area (Å²) in [4.78, 5) is 13.0. The zero-order valence-electron chi connectivity index (χ0n) is 8.77. The fraction of sp³-hybridized carbons (Fsp3) is 0.300. The van der Waals surface area contributed by atoms with E-state index >= 15 is 0 Å². The Bertz CT molecular complexity index is 458. The van der Waals surface area contributed by atoms with Gasteiger partial charge in [-0.25, -0.2) is 15.0 Å². The average Bonchev–Trinajstić information content (AvgIpc) is 2.81. The summed E-state index contributed by atoms with van der Waals surface area (Å²) < 4.78 is 1.03. The quantitative estimate of drug-likeness (QED) is 0.865. The fourth-order valence-corrected chi connectivity index (χ4v) is 2.20. The summed E-state index contributed by atoms with van der Waals surface area (Å²) >= 11 is 3.78. The topological polar surface area (TPSA) is 50.7 Å². The molecule has 2 aromatic rings. The molecule has 0 aromatic carbocycles. The highest BCUT2D eigenvalue weighted by molar-refractivity contribution is 14.1. The molecule has 2 aromatic heterocycles. The molecule has 16 heavy (non-hydrogen) atoms. The lowest BCUT2D eigenvalue weighted by Gasteiger charge is -2.06. The van der Waals surface area contributed by atoms with Gasteiger partial charge in [0.1, 0.15) is 5.82 Å². The molecule has 0 saturated heterocycles. The van der Waals surface area contributed by atoms with Crippen LogP contribution < -0.4 is 5.32 Å². The molecular weight excluding hydrogens is 335 g/mol. The Morgan fingerprint density at radius 1 is 1.44 bits per heavy atom. The Balaban J connectivity index is 2.28. The third kappa shape index (κ3) is 2.67. The summed E-state index contributed by atoms with van der Waals surface area (Å²) in [5.74, 6) is 1.58. The highest BCUT2D eigenvalue weighted by Gasteiger charge is 2.07. The van der Waals surface area contributed by atoms with E-state index in [0.29, 0.717) is 5.82 Å². The number of hydrogen-bond acceptors (Lipinski definition) is 5. The highest BCUT2D eigenvalue weighted by atomic mass is 127. The molecule has 2 heterocycles. The molecule has 4 nitrogen and oxygen atoms in total. The van der Waals surface area contributed by atoms with E-state index in [1.807, 2.05) is 11.6 Å². The van der Waals surface area contributed by atoms with Crippen molar-refractivity contribution < 1.29 is 0 Å². The molecule has 0 atom stereocenters. The zero-order valence-corrected chi connectivity index (χ0v) is 11.7. The van der Waals surface area contributed by atoms with E-state index < -0.39 is 0 Å². The number of aromatic nitrogens is 3. The SMILES string of the molecule is CCCNc1nc(-c2nccs2)ncc1I. The first-order valence-corrected chi connectivity index (χ1v) is 6.93. The average molecular weight is 346 g/mol. The highest BCUT2D eigenvalue weighted by Crippen LogP contribution is 2.21. The molecule has 0 aliphatic rings. The number of nitrogens with one attached hydrogen (secondary N) is 1. The maximum Gasteiger partial charge on any atom is 0.190 e. The summed E-state index contributed by atoms with van der Waals surface area (Å²) in [6.07, 6.45) is 4.66. The van der Waals surface area contributed by atoms with Crippen molar-refractivity contribution in [1.29, 1.82) is 0 Å². The Morgan fingerprint density at radius 3 is 3.00 bits per heavy atom. The van der Waals surface area contributed by atoms with E-state index in [0.717, 1.165) is 27.4 Å². The lowest BCUT2D eigenvalue weighted by molar-refractivity contribution is 0.962. The van der Waals surface area contributed by atoms with Gasteiger partial charge >= 0.3 is 0 Å². The van der Waals surface area contributed by atoms with Gasteiger partial charge in [0.2, 0.25) is 0 Å². The van der Waals surface area contributed by atoms with Crippen LogP contribution in [0.25, 0.3) is 10.8 Å². The molecule has 0 spiro atoms. The third-order valence-corrected chi connectivity index (χ3v) is 3.47. The van der Waals surface area contributed by atoms with Crippen LogP contribution in [0, 0.1) is 3.57 Å². The molecule has 1 N–H and O–H groups in total. The lowest BCUT2D eigenvalue weighted by Crippen LogP contribution is -2.05. The van der Waals surface area contributed by atoms with Gasteiger partial charge in [0, 0.05) is 24.3 Å². The van der Waals surface area contributed by atoms with E-state index in [9.17, 15) is 0 Å². The van der Waals surface area contributed by atoms with Crippen molar-refractivity contribution in [2.75, 3.05) is 11.9 Å². The van der Waals surface area contributed by atoms with Crippen molar-refractivity contribution in [2.24, 2.45) is 0 Å². The molecule has 0 amide bonds. The normalized spacial score (nSPS) is 10.4. The summed E-state index contributed by atoms with van der Waals surface area (Å²) in [6, 6.07) is 0. The van der Waals surface area contributed by atoms with E-state index in [1.165, 1.54) is 0 Å². The molecule has 0 unspecified atom stereocenters. The molecule has 0 saturated carbocycles. The van der Waals surface area contributed by atoms with Crippen LogP contribution in [0.1, 0.15) is 13.3 Å². The van der Waals surface area contributed by atoms with Crippen molar-refractivity contribution in [2.45, 2.75) is 13.3 Å². The number of rotatable bonds is 4. The summed E-state index contributed by atoms with van der Waals surface area (Å²) in [5.41, 5.74) is 0. The summed E-state index contributed by atoms with van der Waals surface area (Å²) in [5, 5.41) is 6.07. The second kappa shape index (κ2) is 5.53. The van der Waals surface area contributed by atoms with Crippen molar-refractivity contribution in [1.82, 2.24) is 15.0 Å². The fourth-order valence-electron chi connectivity index (χ4n) is 1.17. The molecule has 6 heteroatoms. The van der Waals surface area contributed by atoms with Gasteiger partial charge in [-0.3, -0.25) is 0 Å². The van der Waals surface area contributed by atoms with Crippen LogP contribution in [0.4, 0.5) is 5.82 Å². The monoisotopic (exact) mass is 346 g/mol. The minimum absolute atomic E-state index is 0.689. The Labute approximate surface area is 112 Å². The van der Waals surface area contributed by atoms with Crippen LogP contribution in [0.2, 0.25) is 0 Å². The molecule has 0 aliphatic heterocycles. The molecule has 84 valence electrons. The van der Waals surface area contributed by atoms with Crippen LogP contribution in [0.5, 0.6) is 0 Å². The molecular formula is C10H11IN4S.